The fourth-order valence-electron chi connectivity index (χ4n) is 2.71. The van der Waals surface area contributed by atoms with Gasteiger partial charge in [-0.25, -0.2) is 9.59 Å². The Morgan fingerprint density at radius 3 is 1.84 bits per heavy atom. The van der Waals surface area contributed by atoms with Gasteiger partial charge in [-0.05, 0) is 11.8 Å². The van der Waals surface area contributed by atoms with Gasteiger partial charge in [0.15, 0.2) is 6.10 Å². The molecule has 0 aromatic rings. The smallest absolute Gasteiger partial charge is 0.376 e. The maximum atomic E-state index is 12.4. The fraction of sp³-hybridized carbons (Fsp3) is 0.696. The van der Waals surface area contributed by atoms with Gasteiger partial charge in [0, 0.05) is 19.8 Å². The molecule has 0 unspecified atom stereocenters. The molecule has 37 heavy (non-hydrogen) atoms. The molecule has 208 valence electrons. The maximum Gasteiger partial charge on any atom is 0.376 e. The number of nitrogens with zero attached hydrogens (tertiary/aromatic N) is 1. The predicted octanol–water partition coefficient (Wildman–Crippen LogP) is -0.166. The topological polar surface area (TPSA) is 189 Å². The molecule has 1 heterocycles. The number of esters is 4. The zero-order valence-electron chi connectivity index (χ0n) is 21.4. The number of aliphatic hydroxyl groups is 1. The molecule has 0 spiro atoms. The van der Waals surface area contributed by atoms with E-state index in [0.717, 1.165) is 6.92 Å². The maximum absolute atomic E-state index is 12.4. The molecule has 1 N–H and O–H groups in total. The van der Waals surface area contributed by atoms with E-state index in [1.807, 2.05) is 13.8 Å². The summed E-state index contributed by atoms with van der Waals surface area (Å²) >= 11 is 0. The monoisotopic (exact) mass is 531 g/mol. The van der Waals surface area contributed by atoms with Crippen LogP contribution in [0, 0.1) is 17.8 Å². The number of ether oxygens (including phenoxy) is 4. The zero-order chi connectivity index (χ0) is 28.3. The first kappa shape index (κ1) is 31.5. The Morgan fingerprint density at radius 2 is 1.32 bits per heavy atom. The van der Waals surface area contributed by atoms with Crippen LogP contribution in [0.2, 0.25) is 0 Å². The third-order valence-electron chi connectivity index (χ3n) is 4.55. The molecule has 0 bridgehead atoms. The second kappa shape index (κ2) is 14.9. The average Bonchev–Trinajstić information content (AvgIpc) is 3.13. The number of imide groups is 1. The highest BCUT2D eigenvalue weighted by atomic mass is 16.7. The molecule has 14 nitrogen and oxygen atoms in total. The van der Waals surface area contributed by atoms with Gasteiger partial charge in [0.05, 0.1) is 19.6 Å². The molecule has 14 heteroatoms. The Kier molecular flexibility index (Phi) is 12.7. The summed E-state index contributed by atoms with van der Waals surface area (Å²) < 4.78 is 19.7. The van der Waals surface area contributed by atoms with E-state index in [4.69, 9.17) is 14.2 Å². The second-order valence-electron chi connectivity index (χ2n) is 9.10. The molecule has 0 saturated carbocycles. The number of amides is 2. The van der Waals surface area contributed by atoms with E-state index in [-0.39, 0.29) is 43.0 Å². The molecule has 2 amide bonds. The first-order valence-corrected chi connectivity index (χ1v) is 11.6. The van der Waals surface area contributed by atoms with Crippen LogP contribution in [0.15, 0.2) is 0 Å². The van der Waals surface area contributed by atoms with Crippen molar-refractivity contribution < 1.29 is 62.5 Å². The molecule has 1 fully saturated rings. The summed E-state index contributed by atoms with van der Waals surface area (Å²) in [6.07, 6.45) is -5.69. The largest absolute Gasteiger partial charge is 0.465 e. The Morgan fingerprint density at radius 1 is 0.811 bits per heavy atom. The van der Waals surface area contributed by atoms with Crippen LogP contribution in [-0.2, 0) is 57.3 Å². The molecule has 1 rings (SSSR count). The van der Waals surface area contributed by atoms with Crippen LogP contribution in [0.4, 0.5) is 0 Å². The van der Waals surface area contributed by atoms with E-state index >= 15 is 0 Å². The number of carbonyl (C=O) groups is 7. The van der Waals surface area contributed by atoms with Crippen molar-refractivity contribution in [2.24, 2.45) is 17.8 Å². The Hall–Kier alpha value is -3.55. The molecule has 3 atom stereocenters. The average molecular weight is 532 g/mol. The van der Waals surface area contributed by atoms with Crippen molar-refractivity contribution in [2.75, 3.05) is 19.8 Å². The quantitative estimate of drug-likeness (QED) is 0.177. The molecule has 1 aliphatic rings. The third kappa shape index (κ3) is 10.9. The van der Waals surface area contributed by atoms with Crippen LogP contribution in [0.3, 0.4) is 0 Å². The Balaban J connectivity index is 2.90. The molecule has 0 radical (unpaired) electrons. The van der Waals surface area contributed by atoms with Gasteiger partial charge in [0.1, 0.15) is 12.5 Å². The van der Waals surface area contributed by atoms with E-state index in [1.165, 1.54) is 0 Å². The Bertz CT molecular complexity index is 866. The number of carbonyl (C=O) groups excluding carboxylic acids is 7. The van der Waals surface area contributed by atoms with Crippen LogP contribution in [-0.4, -0.2) is 83.9 Å². The van der Waals surface area contributed by atoms with Crippen molar-refractivity contribution in [3.8, 4) is 0 Å². The molecule has 1 saturated heterocycles. The molecular formula is C23H33NO13. The minimum atomic E-state index is -2.45. The minimum Gasteiger partial charge on any atom is -0.465 e. The summed E-state index contributed by atoms with van der Waals surface area (Å²) in [6.45, 7) is 7.44. The molecule has 0 aromatic heterocycles. The van der Waals surface area contributed by atoms with Crippen LogP contribution < -0.4 is 0 Å². The van der Waals surface area contributed by atoms with Crippen LogP contribution in [0.5, 0.6) is 0 Å². The van der Waals surface area contributed by atoms with Crippen molar-refractivity contribution in [1.82, 2.24) is 5.06 Å². The van der Waals surface area contributed by atoms with E-state index in [2.05, 4.69) is 9.57 Å². The van der Waals surface area contributed by atoms with Crippen molar-refractivity contribution in [1.29, 1.82) is 0 Å². The summed E-state index contributed by atoms with van der Waals surface area (Å²) in [5, 5.41) is 10.4. The molecular weight excluding hydrogens is 498 g/mol. The van der Waals surface area contributed by atoms with Gasteiger partial charge in [0.25, 0.3) is 11.8 Å². The number of hydrogen-bond acceptors (Lipinski definition) is 13. The lowest BCUT2D eigenvalue weighted by Crippen LogP contribution is -2.47. The first-order chi connectivity index (χ1) is 17.2. The summed E-state index contributed by atoms with van der Waals surface area (Å²) in [6, 6.07) is 0. The standard InChI is InChI=1S/C23H33NO13/c1-12(2)9-33-18(28)8-15(21(30)34-10-13(3)4)11-35-22(31)19(29)20(36-14(5)25)23(32)37-24-16(26)6-7-17(24)27/h12-13,15,19-20,29H,6-11H2,1-5H3/t15-,19-,20-/m1/s1. The van der Waals surface area contributed by atoms with Gasteiger partial charge in [-0.15, -0.1) is 5.06 Å². The lowest BCUT2D eigenvalue weighted by molar-refractivity contribution is -0.211. The van der Waals surface area contributed by atoms with Crippen LogP contribution >= 0.6 is 0 Å². The van der Waals surface area contributed by atoms with Gasteiger partial charge in [-0.1, -0.05) is 27.7 Å². The van der Waals surface area contributed by atoms with Crippen molar-refractivity contribution in [3.05, 3.63) is 0 Å². The van der Waals surface area contributed by atoms with Gasteiger partial charge in [0.2, 0.25) is 6.10 Å². The van der Waals surface area contributed by atoms with Crippen molar-refractivity contribution in [3.63, 3.8) is 0 Å². The first-order valence-electron chi connectivity index (χ1n) is 11.6. The van der Waals surface area contributed by atoms with Crippen LogP contribution in [0.25, 0.3) is 0 Å². The molecule has 0 aliphatic carbocycles. The normalized spacial score (nSPS) is 15.7. The highest BCUT2D eigenvalue weighted by Crippen LogP contribution is 2.16. The van der Waals surface area contributed by atoms with E-state index in [1.54, 1.807) is 13.8 Å². The summed E-state index contributed by atoms with van der Waals surface area (Å²) in [5.41, 5.74) is 0. The fourth-order valence-corrected chi connectivity index (χ4v) is 2.71. The van der Waals surface area contributed by atoms with Crippen LogP contribution in [0.1, 0.15) is 53.9 Å². The second-order valence-corrected chi connectivity index (χ2v) is 9.10. The third-order valence-corrected chi connectivity index (χ3v) is 4.55. The summed E-state index contributed by atoms with van der Waals surface area (Å²) in [7, 11) is 0. The summed E-state index contributed by atoms with van der Waals surface area (Å²) in [5.74, 6) is -8.79. The predicted molar refractivity (Wildman–Crippen MR) is 119 cm³/mol. The van der Waals surface area contributed by atoms with Gasteiger partial charge < -0.3 is 28.9 Å². The number of rotatable bonds is 14. The van der Waals surface area contributed by atoms with Gasteiger partial charge >= 0.3 is 29.8 Å². The number of hydrogen-bond donors (Lipinski definition) is 1. The van der Waals surface area contributed by atoms with Gasteiger partial charge in [-0.3, -0.25) is 24.0 Å². The van der Waals surface area contributed by atoms with E-state index < -0.39 is 72.8 Å². The van der Waals surface area contributed by atoms with E-state index in [9.17, 15) is 38.7 Å². The molecule has 1 aliphatic heterocycles. The van der Waals surface area contributed by atoms with Crippen molar-refractivity contribution in [2.45, 2.75) is 66.1 Å². The minimum absolute atomic E-state index is 0.0215. The Labute approximate surface area is 213 Å². The van der Waals surface area contributed by atoms with Gasteiger partial charge in [-0.2, -0.15) is 0 Å². The molecule has 0 aromatic carbocycles. The zero-order valence-corrected chi connectivity index (χ0v) is 21.4. The lowest BCUT2D eigenvalue weighted by atomic mass is 10.1. The lowest BCUT2D eigenvalue weighted by Gasteiger charge is -2.22. The number of aliphatic hydroxyl groups excluding tert-OH is 1. The SMILES string of the molecule is CC(=O)O[C@@H](C(=O)ON1C(=O)CCC1=O)[C@@H](O)C(=O)OC[C@@H](CC(=O)OCC(C)C)C(=O)OCC(C)C. The number of hydroxylamine groups is 2. The summed E-state index contributed by atoms with van der Waals surface area (Å²) in [4.78, 5) is 88.7. The highest BCUT2D eigenvalue weighted by molar-refractivity contribution is 6.02. The highest BCUT2D eigenvalue weighted by Gasteiger charge is 2.42. The van der Waals surface area contributed by atoms with E-state index in [0.29, 0.717) is 0 Å². The van der Waals surface area contributed by atoms with Crippen molar-refractivity contribution >= 4 is 41.7 Å².